The topological polar surface area (TPSA) is 93.9 Å². The van der Waals surface area contributed by atoms with Gasteiger partial charge >= 0.3 is 0 Å². The van der Waals surface area contributed by atoms with E-state index in [1.165, 1.54) is 0 Å². The standard InChI is InChI=1S/C24H25N5O4/c30-29(31)19-8-6-18(7-9-19)16-27-11-10-22-21(17-27)23(33-20-4-2-1-3-5-20)26-24(25-22)28-12-14-32-15-13-28/h1-9H,10-17H2. The summed E-state index contributed by atoms with van der Waals surface area (Å²) < 4.78 is 11.7. The van der Waals surface area contributed by atoms with Crippen molar-refractivity contribution < 1.29 is 14.4 Å². The Morgan fingerprint density at radius 2 is 1.76 bits per heavy atom. The van der Waals surface area contributed by atoms with Crippen molar-refractivity contribution in [1.29, 1.82) is 0 Å². The monoisotopic (exact) mass is 447 g/mol. The number of anilines is 1. The van der Waals surface area contributed by atoms with E-state index in [0.717, 1.165) is 48.6 Å². The molecule has 1 saturated heterocycles. The second kappa shape index (κ2) is 9.51. The van der Waals surface area contributed by atoms with Crippen molar-refractivity contribution in [2.24, 2.45) is 0 Å². The van der Waals surface area contributed by atoms with Gasteiger partial charge in [0.2, 0.25) is 11.8 Å². The summed E-state index contributed by atoms with van der Waals surface area (Å²) in [5.74, 6) is 2.01. The molecule has 9 nitrogen and oxygen atoms in total. The van der Waals surface area contributed by atoms with E-state index in [9.17, 15) is 10.1 Å². The Morgan fingerprint density at radius 3 is 2.48 bits per heavy atom. The number of nitrogens with zero attached hydrogens (tertiary/aromatic N) is 5. The molecule has 9 heteroatoms. The minimum Gasteiger partial charge on any atom is -0.439 e. The smallest absolute Gasteiger partial charge is 0.269 e. The van der Waals surface area contributed by atoms with Crippen molar-refractivity contribution in [2.45, 2.75) is 19.5 Å². The van der Waals surface area contributed by atoms with Crippen LogP contribution in [-0.2, 0) is 24.2 Å². The SMILES string of the molecule is O=[N+]([O-])c1ccc(CN2CCc3nc(N4CCOCC4)nc(Oc4ccccc4)c3C2)cc1. The predicted molar refractivity (Wildman–Crippen MR) is 122 cm³/mol. The van der Waals surface area contributed by atoms with Gasteiger partial charge in [0.05, 0.1) is 29.4 Å². The molecule has 0 unspecified atom stereocenters. The molecule has 0 amide bonds. The molecule has 0 aliphatic carbocycles. The Balaban J connectivity index is 1.41. The summed E-state index contributed by atoms with van der Waals surface area (Å²) in [6, 6.07) is 16.4. The summed E-state index contributed by atoms with van der Waals surface area (Å²) in [5, 5.41) is 10.9. The molecular formula is C24H25N5O4. The van der Waals surface area contributed by atoms with E-state index >= 15 is 0 Å². The zero-order valence-electron chi connectivity index (χ0n) is 18.2. The van der Waals surface area contributed by atoms with E-state index in [0.29, 0.717) is 38.1 Å². The quantitative estimate of drug-likeness (QED) is 0.418. The van der Waals surface area contributed by atoms with Gasteiger partial charge in [-0.25, -0.2) is 4.98 Å². The molecule has 0 bridgehead atoms. The average Bonchev–Trinajstić information content (AvgIpc) is 2.86. The summed E-state index contributed by atoms with van der Waals surface area (Å²) >= 11 is 0. The molecule has 2 aromatic carbocycles. The Morgan fingerprint density at radius 1 is 1.00 bits per heavy atom. The number of nitro benzene ring substituents is 1. The maximum absolute atomic E-state index is 10.9. The lowest BCUT2D eigenvalue weighted by atomic mass is 10.1. The minimum atomic E-state index is -0.377. The second-order valence-corrected chi connectivity index (χ2v) is 8.15. The van der Waals surface area contributed by atoms with Gasteiger partial charge in [0.25, 0.3) is 5.69 Å². The molecule has 33 heavy (non-hydrogen) atoms. The molecule has 1 fully saturated rings. The summed E-state index contributed by atoms with van der Waals surface area (Å²) in [4.78, 5) is 24.7. The summed E-state index contributed by atoms with van der Waals surface area (Å²) in [6.07, 6.45) is 0.785. The highest BCUT2D eigenvalue weighted by Gasteiger charge is 2.26. The first-order chi connectivity index (χ1) is 16.2. The van der Waals surface area contributed by atoms with Crippen LogP contribution in [0.5, 0.6) is 11.6 Å². The van der Waals surface area contributed by atoms with Crippen LogP contribution in [0.15, 0.2) is 54.6 Å². The number of ether oxygens (including phenoxy) is 2. The maximum Gasteiger partial charge on any atom is 0.269 e. The van der Waals surface area contributed by atoms with Gasteiger partial charge in [0.15, 0.2) is 0 Å². The molecule has 2 aliphatic rings. The Labute approximate surface area is 191 Å². The van der Waals surface area contributed by atoms with Crippen molar-refractivity contribution in [3.63, 3.8) is 0 Å². The highest BCUT2D eigenvalue weighted by atomic mass is 16.6. The number of non-ortho nitro benzene ring substituents is 1. The molecule has 0 spiro atoms. The Hall–Kier alpha value is -3.56. The van der Waals surface area contributed by atoms with Crippen LogP contribution < -0.4 is 9.64 Å². The number of benzene rings is 2. The summed E-state index contributed by atoms with van der Waals surface area (Å²) in [7, 11) is 0. The van der Waals surface area contributed by atoms with Gasteiger partial charge in [-0.2, -0.15) is 4.98 Å². The van der Waals surface area contributed by atoms with Gasteiger partial charge in [-0.1, -0.05) is 30.3 Å². The molecule has 1 aromatic heterocycles. The molecule has 0 radical (unpaired) electrons. The van der Waals surface area contributed by atoms with E-state index in [1.54, 1.807) is 12.1 Å². The molecule has 0 saturated carbocycles. The van der Waals surface area contributed by atoms with Crippen molar-refractivity contribution >= 4 is 11.6 Å². The first kappa shape index (κ1) is 21.3. The number of para-hydroxylation sites is 1. The highest BCUT2D eigenvalue weighted by Crippen LogP contribution is 2.32. The van der Waals surface area contributed by atoms with Crippen LogP contribution in [0.4, 0.5) is 11.6 Å². The van der Waals surface area contributed by atoms with Crippen LogP contribution in [-0.4, -0.2) is 52.6 Å². The first-order valence-corrected chi connectivity index (χ1v) is 11.1. The number of morpholine rings is 1. The van der Waals surface area contributed by atoms with Gasteiger partial charge < -0.3 is 14.4 Å². The van der Waals surface area contributed by atoms with Crippen LogP contribution in [0, 0.1) is 10.1 Å². The number of fused-ring (bicyclic) bond motifs is 1. The van der Waals surface area contributed by atoms with E-state index in [-0.39, 0.29) is 10.6 Å². The van der Waals surface area contributed by atoms with Crippen LogP contribution in [0.3, 0.4) is 0 Å². The van der Waals surface area contributed by atoms with Crippen LogP contribution in [0.2, 0.25) is 0 Å². The largest absolute Gasteiger partial charge is 0.439 e. The van der Waals surface area contributed by atoms with E-state index < -0.39 is 0 Å². The van der Waals surface area contributed by atoms with Gasteiger partial charge in [-0.3, -0.25) is 15.0 Å². The summed E-state index contributed by atoms with van der Waals surface area (Å²) in [5.41, 5.74) is 3.13. The van der Waals surface area contributed by atoms with Crippen LogP contribution in [0.1, 0.15) is 16.8 Å². The Kier molecular flexibility index (Phi) is 6.14. The molecule has 5 rings (SSSR count). The zero-order valence-corrected chi connectivity index (χ0v) is 18.2. The number of aromatic nitrogens is 2. The third-order valence-corrected chi connectivity index (χ3v) is 5.89. The Bertz CT molecular complexity index is 1120. The molecule has 170 valence electrons. The van der Waals surface area contributed by atoms with Crippen molar-refractivity contribution in [2.75, 3.05) is 37.7 Å². The normalized spacial score (nSPS) is 16.3. The molecule has 2 aliphatic heterocycles. The predicted octanol–water partition coefficient (Wildman–Crippen LogP) is 3.57. The van der Waals surface area contributed by atoms with E-state index in [1.807, 2.05) is 42.5 Å². The van der Waals surface area contributed by atoms with E-state index in [4.69, 9.17) is 19.4 Å². The number of hydrogen-bond acceptors (Lipinski definition) is 8. The van der Waals surface area contributed by atoms with Gasteiger partial charge in [0, 0.05) is 51.3 Å². The fraction of sp³-hybridized carbons (Fsp3) is 0.333. The zero-order chi connectivity index (χ0) is 22.6. The van der Waals surface area contributed by atoms with Crippen LogP contribution in [0.25, 0.3) is 0 Å². The lowest BCUT2D eigenvalue weighted by Crippen LogP contribution is -2.38. The van der Waals surface area contributed by atoms with Crippen LogP contribution >= 0.6 is 0 Å². The lowest BCUT2D eigenvalue weighted by Gasteiger charge is -2.31. The summed E-state index contributed by atoms with van der Waals surface area (Å²) in [6.45, 7) is 5.03. The number of rotatable bonds is 6. The number of nitro groups is 1. The van der Waals surface area contributed by atoms with E-state index in [2.05, 4.69) is 9.80 Å². The van der Waals surface area contributed by atoms with Crippen molar-refractivity contribution in [3.8, 4) is 11.6 Å². The lowest BCUT2D eigenvalue weighted by molar-refractivity contribution is -0.384. The van der Waals surface area contributed by atoms with Gasteiger partial charge in [-0.15, -0.1) is 0 Å². The minimum absolute atomic E-state index is 0.102. The molecule has 3 heterocycles. The highest BCUT2D eigenvalue weighted by molar-refractivity contribution is 5.44. The molecule has 0 N–H and O–H groups in total. The second-order valence-electron chi connectivity index (χ2n) is 8.15. The van der Waals surface area contributed by atoms with Crippen molar-refractivity contribution in [1.82, 2.24) is 14.9 Å². The fourth-order valence-electron chi connectivity index (χ4n) is 4.13. The maximum atomic E-state index is 10.9. The third-order valence-electron chi connectivity index (χ3n) is 5.89. The average molecular weight is 447 g/mol. The molecular weight excluding hydrogens is 422 g/mol. The molecule has 3 aromatic rings. The van der Waals surface area contributed by atoms with Gasteiger partial charge in [0.1, 0.15) is 5.75 Å². The third kappa shape index (κ3) is 4.94. The first-order valence-electron chi connectivity index (χ1n) is 11.1. The fourth-order valence-corrected chi connectivity index (χ4v) is 4.13. The van der Waals surface area contributed by atoms with Crippen molar-refractivity contribution in [3.05, 3.63) is 81.5 Å². The van der Waals surface area contributed by atoms with Gasteiger partial charge in [-0.05, 0) is 17.7 Å². The number of hydrogen-bond donors (Lipinski definition) is 0. The molecule has 0 atom stereocenters.